The molecule has 0 saturated heterocycles. The molecule has 0 bridgehead atoms. The third kappa shape index (κ3) is 9.11. The number of hydrogen-bond donors (Lipinski definition) is 3. The highest BCUT2D eigenvalue weighted by Gasteiger charge is 2.60. The molecule has 0 heterocycles. The van der Waals surface area contributed by atoms with E-state index in [1.165, 1.54) is 13.2 Å². The number of hydrogen-bond acceptors (Lipinski definition) is 8. The fourth-order valence-corrected chi connectivity index (χ4v) is 6.93. The van der Waals surface area contributed by atoms with E-state index in [1.54, 1.807) is 45.0 Å². The van der Waals surface area contributed by atoms with Crippen molar-refractivity contribution in [3.63, 3.8) is 0 Å². The minimum absolute atomic E-state index is 0.267. The maximum Gasteiger partial charge on any atom is 0.407 e. The van der Waals surface area contributed by atoms with E-state index < -0.39 is 35.0 Å². The van der Waals surface area contributed by atoms with E-state index in [4.69, 9.17) is 18.9 Å². The van der Waals surface area contributed by atoms with Crippen LogP contribution >= 0.6 is 0 Å². The molecule has 11 nitrogen and oxygen atoms in total. The Morgan fingerprint density at radius 3 is 2.11 bits per heavy atom. The molecule has 1 unspecified atom stereocenters. The first-order valence-corrected chi connectivity index (χ1v) is 18.6. The SMILES string of the molecule is C=CCOc1ccc2ccccc2c1-c1c(OCC(=O)NC2C[C@]2(CCCNC(=O)OC(C)(C)C)C(=O)Nc2cccc(C(=O)OC)c2)ccc2ccccc12. The second-order valence-corrected chi connectivity index (χ2v) is 14.7. The number of esters is 1. The van der Waals surface area contributed by atoms with Crippen LogP contribution in [-0.4, -0.2) is 62.4 Å². The average molecular weight is 758 g/mol. The smallest absolute Gasteiger partial charge is 0.407 e. The number of carbonyl (C=O) groups excluding carboxylic acids is 4. The summed E-state index contributed by atoms with van der Waals surface area (Å²) in [4.78, 5) is 52.0. The Bertz CT molecular complexity index is 2280. The molecular formula is C45H47N3O8. The highest BCUT2D eigenvalue weighted by Crippen LogP contribution is 2.51. The number of carbonyl (C=O) groups is 4. The van der Waals surface area contributed by atoms with Gasteiger partial charge >= 0.3 is 12.1 Å². The molecule has 0 spiro atoms. The van der Waals surface area contributed by atoms with Gasteiger partial charge in [-0.3, -0.25) is 9.59 Å². The molecule has 3 amide bonds. The zero-order valence-corrected chi connectivity index (χ0v) is 32.1. The van der Waals surface area contributed by atoms with Crippen molar-refractivity contribution in [2.24, 2.45) is 5.41 Å². The molecule has 0 radical (unpaired) electrons. The second-order valence-electron chi connectivity index (χ2n) is 14.7. The van der Waals surface area contributed by atoms with Crippen LogP contribution in [0.25, 0.3) is 32.7 Å². The summed E-state index contributed by atoms with van der Waals surface area (Å²) in [6.45, 7) is 9.42. The first kappa shape index (κ1) is 39.3. The van der Waals surface area contributed by atoms with Crippen molar-refractivity contribution < 1.29 is 38.1 Å². The summed E-state index contributed by atoms with van der Waals surface area (Å²) in [5.74, 6) is -0.0955. The lowest BCUT2D eigenvalue weighted by Crippen LogP contribution is -2.38. The summed E-state index contributed by atoms with van der Waals surface area (Å²) in [6.07, 6.45) is 2.32. The number of rotatable bonds is 15. The van der Waals surface area contributed by atoms with Gasteiger partial charge in [0.25, 0.3) is 5.91 Å². The molecule has 0 aromatic heterocycles. The van der Waals surface area contributed by atoms with Gasteiger partial charge < -0.3 is 34.9 Å². The van der Waals surface area contributed by atoms with Crippen LogP contribution in [0.5, 0.6) is 11.5 Å². The highest BCUT2D eigenvalue weighted by molar-refractivity contribution is 6.10. The summed E-state index contributed by atoms with van der Waals surface area (Å²) < 4.78 is 22.7. The maximum atomic E-state index is 13.9. The number of alkyl carbamates (subject to hydrolysis) is 1. The molecule has 0 aliphatic heterocycles. The van der Waals surface area contributed by atoms with Crippen LogP contribution in [0, 0.1) is 5.41 Å². The standard InChI is InChI=1S/C45H47N3O8/c1-6-25-54-35-21-19-29-13-7-9-17-33(29)39(35)40-34-18-10-8-14-30(34)20-22-36(40)55-28-38(49)48-37-27-45(37,23-12-24-46-43(52)56-44(2,3)4)42(51)47-32-16-11-15-31(26-32)41(50)53-5/h6-11,13-22,26,37H,1,12,23-25,27-28H2,2-5H3,(H,46,52)(H,47,51)(H,48,49)/t37?,45-/m0/s1. The Kier molecular flexibility index (Phi) is 11.9. The molecule has 3 N–H and O–H groups in total. The Morgan fingerprint density at radius 2 is 1.48 bits per heavy atom. The van der Waals surface area contributed by atoms with E-state index in [0.717, 1.165) is 32.7 Å². The quantitative estimate of drug-likeness (QED) is 0.0552. The maximum absolute atomic E-state index is 13.9. The van der Waals surface area contributed by atoms with E-state index in [0.29, 0.717) is 43.1 Å². The first-order chi connectivity index (χ1) is 26.9. The number of benzene rings is 5. The Hall–Kier alpha value is -6.36. The molecular weight excluding hydrogens is 711 g/mol. The number of anilines is 1. The molecule has 6 rings (SSSR count). The lowest BCUT2D eigenvalue weighted by Gasteiger charge is -2.21. The van der Waals surface area contributed by atoms with Gasteiger partial charge in [0.15, 0.2) is 6.61 Å². The molecule has 1 aliphatic rings. The Morgan fingerprint density at radius 1 is 0.839 bits per heavy atom. The molecule has 290 valence electrons. The lowest BCUT2D eigenvalue weighted by atomic mass is 9.92. The highest BCUT2D eigenvalue weighted by atomic mass is 16.6. The predicted octanol–water partition coefficient (Wildman–Crippen LogP) is 8.21. The molecule has 2 atom stereocenters. The normalized spacial score (nSPS) is 16.0. The third-order valence-corrected chi connectivity index (χ3v) is 9.62. The van der Waals surface area contributed by atoms with E-state index >= 15 is 0 Å². The average Bonchev–Trinajstić information content (AvgIpc) is 3.89. The van der Waals surface area contributed by atoms with Crippen LogP contribution in [0.4, 0.5) is 10.5 Å². The van der Waals surface area contributed by atoms with Crippen molar-refractivity contribution >= 4 is 51.1 Å². The molecule has 1 aliphatic carbocycles. The van der Waals surface area contributed by atoms with Gasteiger partial charge in [-0.05, 0) is 91.9 Å². The fraction of sp³-hybridized carbons (Fsp3) is 0.289. The van der Waals surface area contributed by atoms with E-state index in [2.05, 4.69) is 22.5 Å². The van der Waals surface area contributed by atoms with Gasteiger partial charge in [0, 0.05) is 29.4 Å². The van der Waals surface area contributed by atoms with E-state index in [1.807, 2.05) is 72.8 Å². The van der Waals surface area contributed by atoms with Crippen LogP contribution in [0.2, 0.25) is 0 Å². The summed E-state index contributed by atoms with van der Waals surface area (Å²) in [5, 5.41) is 12.6. The van der Waals surface area contributed by atoms with Gasteiger partial charge in [-0.2, -0.15) is 0 Å². The van der Waals surface area contributed by atoms with Crippen LogP contribution in [0.3, 0.4) is 0 Å². The van der Waals surface area contributed by atoms with Gasteiger partial charge in [-0.1, -0.05) is 79.4 Å². The second kappa shape index (κ2) is 17.0. The van der Waals surface area contributed by atoms with Crippen LogP contribution in [-0.2, 0) is 19.1 Å². The largest absolute Gasteiger partial charge is 0.489 e. The number of methoxy groups -OCH3 is 1. The minimum Gasteiger partial charge on any atom is -0.489 e. The molecule has 5 aromatic carbocycles. The van der Waals surface area contributed by atoms with Crippen molar-refractivity contribution in [3.8, 4) is 22.6 Å². The fourth-order valence-electron chi connectivity index (χ4n) is 6.93. The predicted molar refractivity (Wildman–Crippen MR) is 217 cm³/mol. The lowest BCUT2D eigenvalue weighted by molar-refractivity contribution is -0.124. The molecule has 1 saturated carbocycles. The van der Waals surface area contributed by atoms with Crippen molar-refractivity contribution in [1.29, 1.82) is 0 Å². The third-order valence-electron chi connectivity index (χ3n) is 9.62. The zero-order chi connectivity index (χ0) is 39.9. The monoisotopic (exact) mass is 757 g/mol. The number of ether oxygens (including phenoxy) is 4. The van der Waals surface area contributed by atoms with Gasteiger partial charge in [-0.25, -0.2) is 9.59 Å². The van der Waals surface area contributed by atoms with Gasteiger partial charge in [-0.15, -0.1) is 0 Å². The topological polar surface area (TPSA) is 141 Å². The van der Waals surface area contributed by atoms with Crippen LogP contribution < -0.4 is 25.4 Å². The Balaban J connectivity index is 1.22. The van der Waals surface area contributed by atoms with Crippen molar-refractivity contribution in [1.82, 2.24) is 10.6 Å². The van der Waals surface area contributed by atoms with Crippen LogP contribution in [0.15, 0.2) is 110 Å². The van der Waals surface area contributed by atoms with Crippen molar-refractivity contribution in [2.75, 3.05) is 32.2 Å². The molecule has 56 heavy (non-hydrogen) atoms. The van der Waals surface area contributed by atoms with Crippen molar-refractivity contribution in [2.45, 2.75) is 51.7 Å². The van der Waals surface area contributed by atoms with E-state index in [9.17, 15) is 19.2 Å². The molecule has 1 fully saturated rings. The molecule has 11 heteroatoms. The van der Waals surface area contributed by atoms with Crippen molar-refractivity contribution in [3.05, 3.63) is 115 Å². The molecule has 5 aromatic rings. The summed E-state index contributed by atoms with van der Waals surface area (Å²) in [6, 6.07) is 29.7. The number of amides is 3. The number of fused-ring (bicyclic) bond motifs is 2. The number of nitrogens with one attached hydrogen (secondary N) is 3. The van der Waals surface area contributed by atoms with Gasteiger partial charge in [0.2, 0.25) is 5.91 Å². The summed E-state index contributed by atoms with van der Waals surface area (Å²) >= 11 is 0. The summed E-state index contributed by atoms with van der Waals surface area (Å²) in [7, 11) is 1.29. The summed E-state index contributed by atoms with van der Waals surface area (Å²) in [5.41, 5.74) is 0.709. The van der Waals surface area contributed by atoms with E-state index in [-0.39, 0.29) is 24.6 Å². The first-order valence-electron chi connectivity index (χ1n) is 18.6. The van der Waals surface area contributed by atoms with Crippen LogP contribution in [0.1, 0.15) is 50.4 Å². The van der Waals surface area contributed by atoms with Gasteiger partial charge in [0.1, 0.15) is 23.7 Å². The minimum atomic E-state index is -0.971. The van der Waals surface area contributed by atoms with Gasteiger partial charge in [0.05, 0.1) is 18.1 Å². The zero-order valence-electron chi connectivity index (χ0n) is 32.1. The Labute approximate surface area is 326 Å².